The van der Waals surface area contributed by atoms with Crippen molar-refractivity contribution in [3.8, 4) is 5.75 Å². The second-order valence-electron chi connectivity index (χ2n) is 4.92. The van der Waals surface area contributed by atoms with Crippen LogP contribution in [0.2, 0.25) is 0 Å². The van der Waals surface area contributed by atoms with Gasteiger partial charge >= 0.3 is 0 Å². The summed E-state index contributed by atoms with van der Waals surface area (Å²) in [5.41, 5.74) is 1.78. The van der Waals surface area contributed by atoms with Crippen molar-refractivity contribution in [2.75, 3.05) is 19.7 Å². The van der Waals surface area contributed by atoms with Crippen molar-refractivity contribution in [2.45, 2.75) is 38.5 Å². The quantitative estimate of drug-likeness (QED) is 0.843. The van der Waals surface area contributed by atoms with Crippen LogP contribution in [0.15, 0.2) is 24.3 Å². The predicted octanol–water partition coefficient (Wildman–Crippen LogP) is 3.12. The molecule has 1 atom stereocenters. The van der Waals surface area contributed by atoms with Gasteiger partial charge in [-0.1, -0.05) is 25.5 Å². The van der Waals surface area contributed by atoms with Gasteiger partial charge in [-0.15, -0.1) is 0 Å². The van der Waals surface area contributed by atoms with Crippen LogP contribution in [0.5, 0.6) is 5.75 Å². The fraction of sp³-hybridized carbons (Fsp3) is 0.600. The van der Waals surface area contributed by atoms with E-state index in [1.54, 1.807) is 0 Å². The minimum Gasteiger partial charge on any atom is -0.494 e. The fourth-order valence-corrected chi connectivity index (χ4v) is 2.91. The fourth-order valence-electron chi connectivity index (χ4n) is 2.91. The number of ether oxygens (including phenoxy) is 1. The van der Waals surface area contributed by atoms with Crippen molar-refractivity contribution in [1.29, 1.82) is 0 Å². The van der Waals surface area contributed by atoms with E-state index in [9.17, 15) is 0 Å². The molecular formula is C15H23NO. The van der Waals surface area contributed by atoms with E-state index >= 15 is 0 Å². The normalized spacial score (nSPS) is 23.9. The summed E-state index contributed by atoms with van der Waals surface area (Å²) in [6.07, 6.45) is 3.74. The van der Waals surface area contributed by atoms with Crippen LogP contribution >= 0.6 is 0 Å². The summed E-state index contributed by atoms with van der Waals surface area (Å²) >= 11 is 0. The summed E-state index contributed by atoms with van der Waals surface area (Å²) in [6.45, 7) is 7.29. The molecule has 0 saturated carbocycles. The Morgan fingerprint density at radius 2 is 2.24 bits per heavy atom. The van der Waals surface area contributed by atoms with E-state index in [0.717, 1.165) is 25.4 Å². The molecule has 1 aliphatic heterocycles. The zero-order chi connectivity index (χ0) is 12.1. The summed E-state index contributed by atoms with van der Waals surface area (Å²) in [5.74, 6) is 1.01. The summed E-state index contributed by atoms with van der Waals surface area (Å²) in [4.78, 5) is 0. The smallest absolute Gasteiger partial charge is 0.119 e. The van der Waals surface area contributed by atoms with E-state index in [1.165, 1.54) is 24.8 Å². The maximum absolute atomic E-state index is 5.61. The first-order chi connectivity index (χ1) is 8.30. The van der Waals surface area contributed by atoms with E-state index in [0.29, 0.717) is 5.41 Å². The van der Waals surface area contributed by atoms with E-state index in [-0.39, 0.29) is 0 Å². The number of hydrogen-bond donors (Lipinski definition) is 1. The van der Waals surface area contributed by atoms with Gasteiger partial charge in [-0.25, -0.2) is 0 Å². The Hall–Kier alpha value is -1.02. The average Bonchev–Trinajstić information content (AvgIpc) is 2.80. The Morgan fingerprint density at radius 1 is 1.35 bits per heavy atom. The van der Waals surface area contributed by atoms with Gasteiger partial charge in [0.25, 0.3) is 0 Å². The molecule has 1 aromatic carbocycles. The summed E-state index contributed by atoms with van der Waals surface area (Å²) < 4.78 is 5.61. The molecule has 1 N–H and O–H groups in total. The first kappa shape index (κ1) is 12.4. The van der Waals surface area contributed by atoms with Crippen LogP contribution in [-0.4, -0.2) is 19.7 Å². The van der Waals surface area contributed by atoms with Gasteiger partial charge in [-0.2, -0.15) is 0 Å². The molecule has 0 spiro atoms. The third-order valence-electron chi connectivity index (χ3n) is 3.73. The van der Waals surface area contributed by atoms with E-state index in [1.807, 2.05) is 6.92 Å². The molecule has 0 unspecified atom stereocenters. The second-order valence-corrected chi connectivity index (χ2v) is 4.92. The van der Waals surface area contributed by atoms with Crippen molar-refractivity contribution in [3.63, 3.8) is 0 Å². The predicted molar refractivity (Wildman–Crippen MR) is 71.7 cm³/mol. The molecular weight excluding hydrogens is 210 g/mol. The van der Waals surface area contributed by atoms with Crippen LogP contribution in [0.4, 0.5) is 0 Å². The summed E-state index contributed by atoms with van der Waals surface area (Å²) in [7, 11) is 0. The molecule has 0 radical (unpaired) electrons. The van der Waals surface area contributed by atoms with Crippen LogP contribution < -0.4 is 10.1 Å². The number of rotatable bonds is 5. The number of benzene rings is 1. The third kappa shape index (κ3) is 2.63. The molecule has 17 heavy (non-hydrogen) atoms. The zero-order valence-corrected chi connectivity index (χ0v) is 11.0. The average molecular weight is 233 g/mol. The van der Waals surface area contributed by atoms with Crippen molar-refractivity contribution >= 4 is 0 Å². The molecule has 1 aliphatic rings. The van der Waals surface area contributed by atoms with Crippen molar-refractivity contribution < 1.29 is 4.74 Å². The van der Waals surface area contributed by atoms with Crippen LogP contribution in [0.1, 0.15) is 38.7 Å². The molecule has 2 nitrogen and oxygen atoms in total. The minimum atomic E-state index is 0.335. The molecule has 0 aliphatic carbocycles. The summed E-state index contributed by atoms with van der Waals surface area (Å²) in [6, 6.07) is 8.66. The number of nitrogens with one attached hydrogen (secondary N) is 1. The van der Waals surface area contributed by atoms with E-state index in [4.69, 9.17) is 4.74 Å². The van der Waals surface area contributed by atoms with Gasteiger partial charge in [0, 0.05) is 12.0 Å². The second kappa shape index (κ2) is 5.54. The molecule has 1 saturated heterocycles. The van der Waals surface area contributed by atoms with Gasteiger partial charge in [0.2, 0.25) is 0 Å². The molecule has 1 heterocycles. The summed E-state index contributed by atoms with van der Waals surface area (Å²) in [5, 5.41) is 3.51. The lowest BCUT2D eigenvalue weighted by molar-refractivity contribution is 0.337. The van der Waals surface area contributed by atoms with E-state index < -0.39 is 0 Å². The van der Waals surface area contributed by atoms with Crippen molar-refractivity contribution in [1.82, 2.24) is 5.32 Å². The highest BCUT2D eigenvalue weighted by Gasteiger charge is 2.34. The molecule has 0 amide bonds. The van der Waals surface area contributed by atoms with E-state index in [2.05, 4.69) is 36.5 Å². The topological polar surface area (TPSA) is 21.3 Å². The maximum atomic E-state index is 5.61. The zero-order valence-electron chi connectivity index (χ0n) is 11.0. The highest BCUT2D eigenvalue weighted by molar-refractivity contribution is 5.35. The lowest BCUT2D eigenvalue weighted by Gasteiger charge is -2.29. The Bertz CT molecular complexity index is 356. The molecule has 2 heteroatoms. The standard InChI is InChI=1S/C15H23NO/c1-3-8-15(9-10-16-12-15)13-6-5-7-14(11-13)17-4-2/h5-7,11,16H,3-4,8-10,12H2,1-2H3/t15-/m1/s1. The lowest BCUT2D eigenvalue weighted by atomic mass is 9.76. The maximum Gasteiger partial charge on any atom is 0.119 e. The van der Waals surface area contributed by atoms with Crippen LogP contribution in [0.25, 0.3) is 0 Å². The largest absolute Gasteiger partial charge is 0.494 e. The van der Waals surface area contributed by atoms with Gasteiger partial charge in [0.15, 0.2) is 0 Å². The lowest BCUT2D eigenvalue weighted by Crippen LogP contribution is -2.28. The molecule has 1 fully saturated rings. The number of hydrogen-bond acceptors (Lipinski definition) is 2. The van der Waals surface area contributed by atoms with Crippen LogP contribution in [0.3, 0.4) is 0 Å². The van der Waals surface area contributed by atoms with Gasteiger partial charge in [-0.3, -0.25) is 0 Å². The molecule has 0 bridgehead atoms. The van der Waals surface area contributed by atoms with Gasteiger partial charge in [0.05, 0.1) is 6.61 Å². The van der Waals surface area contributed by atoms with Crippen LogP contribution in [0, 0.1) is 0 Å². The first-order valence-corrected chi connectivity index (χ1v) is 6.75. The molecule has 0 aromatic heterocycles. The molecule has 1 aromatic rings. The first-order valence-electron chi connectivity index (χ1n) is 6.75. The minimum absolute atomic E-state index is 0.335. The Kier molecular flexibility index (Phi) is 4.06. The van der Waals surface area contributed by atoms with Gasteiger partial charge < -0.3 is 10.1 Å². The highest BCUT2D eigenvalue weighted by Crippen LogP contribution is 2.36. The molecule has 2 rings (SSSR count). The Morgan fingerprint density at radius 3 is 2.88 bits per heavy atom. The van der Waals surface area contributed by atoms with Crippen LogP contribution in [-0.2, 0) is 5.41 Å². The van der Waals surface area contributed by atoms with Crippen molar-refractivity contribution in [2.24, 2.45) is 0 Å². The monoisotopic (exact) mass is 233 g/mol. The van der Waals surface area contributed by atoms with Gasteiger partial charge in [0.1, 0.15) is 5.75 Å². The highest BCUT2D eigenvalue weighted by atomic mass is 16.5. The third-order valence-corrected chi connectivity index (χ3v) is 3.73. The van der Waals surface area contributed by atoms with Crippen molar-refractivity contribution in [3.05, 3.63) is 29.8 Å². The van der Waals surface area contributed by atoms with Gasteiger partial charge in [-0.05, 0) is 44.0 Å². The molecule has 94 valence electrons. The Labute approximate surface area is 104 Å². The Balaban J connectivity index is 2.26. The SMILES string of the molecule is CCC[C@@]1(c2cccc(OCC)c2)CCNC1.